The number of benzene rings is 3. The zero-order valence-corrected chi connectivity index (χ0v) is 23.0. The molecule has 4 rings (SSSR count). The highest BCUT2D eigenvalue weighted by Crippen LogP contribution is 2.38. The van der Waals surface area contributed by atoms with Crippen molar-refractivity contribution in [1.29, 1.82) is 10.5 Å². The molecule has 3 aromatic rings. The minimum atomic E-state index is 0.294. The van der Waals surface area contributed by atoms with Crippen molar-refractivity contribution in [2.24, 2.45) is 0 Å². The summed E-state index contributed by atoms with van der Waals surface area (Å²) in [5, 5.41) is 22.5. The molecule has 1 aliphatic rings. The number of anilines is 1. The quantitative estimate of drug-likeness (QED) is 0.257. The van der Waals surface area contributed by atoms with Gasteiger partial charge in [-0.2, -0.15) is 10.5 Å². The minimum Gasteiger partial charge on any atom is -0.489 e. The highest BCUT2D eigenvalue weighted by molar-refractivity contribution is 5.92. The molecule has 0 saturated carbocycles. The molecule has 39 heavy (non-hydrogen) atoms. The topological polar surface area (TPSA) is 87.7 Å². The molecule has 1 fully saturated rings. The number of methoxy groups -OCH3 is 1. The first-order valence-corrected chi connectivity index (χ1v) is 13.8. The average molecular weight is 528 g/mol. The van der Waals surface area contributed by atoms with Crippen LogP contribution in [0.5, 0.6) is 5.75 Å². The molecule has 0 atom stereocenters. The Hall–Kier alpha value is -3.62. The predicted octanol–water partition coefficient (Wildman–Crippen LogP) is 5.86. The Morgan fingerprint density at radius 2 is 1.49 bits per heavy atom. The number of ether oxygens (including phenoxy) is 4. The van der Waals surface area contributed by atoms with E-state index < -0.39 is 0 Å². The summed E-state index contributed by atoms with van der Waals surface area (Å²) in [5.41, 5.74) is 4.39. The molecule has 7 nitrogen and oxygen atoms in total. The van der Waals surface area contributed by atoms with E-state index in [1.54, 1.807) is 7.11 Å². The highest BCUT2D eigenvalue weighted by atomic mass is 16.6. The van der Waals surface area contributed by atoms with Crippen LogP contribution in [-0.4, -0.2) is 59.8 Å². The van der Waals surface area contributed by atoms with Crippen molar-refractivity contribution in [3.8, 4) is 29.0 Å². The van der Waals surface area contributed by atoms with E-state index in [0.29, 0.717) is 68.5 Å². The van der Waals surface area contributed by atoms with Crippen molar-refractivity contribution >= 4 is 16.5 Å². The summed E-state index contributed by atoms with van der Waals surface area (Å²) in [6.07, 6.45) is 4.41. The van der Waals surface area contributed by atoms with Crippen LogP contribution >= 0.6 is 0 Å². The van der Waals surface area contributed by atoms with Gasteiger partial charge in [-0.3, -0.25) is 0 Å². The molecule has 1 saturated heterocycles. The number of aryl methyl sites for hydroxylation is 1. The number of fused-ring (bicyclic) bond motifs is 1. The van der Waals surface area contributed by atoms with E-state index in [1.165, 1.54) is 24.9 Å². The lowest BCUT2D eigenvalue weighted by Crippen LogP contribution is -2.29. The maximum atomic E-state index is 10.2. The first kappa shape index (κ1) is 28.4. The van der Waals surface area contributed by atoms with Crippen molar-refractivity contribution in [2.45, 2.75) is 32.6 Å². The van der Waals surface area contributed by atoms with Crippen molar-refractivity contribution in [2.75, 3.05) is 64.7 Å². The van der Waals surface area contributed by atoms with Gasteiger partial charge in [-0.05, 0) is 71.8 Å². The summed E-state index contributed by atoms with van der Waals surface area (Å²) in [6, 6.07) is 19.2. The number of nitriles is 2. The average Bonchev–Trinajstić information content (AvgIpc) is 2.99. The zero-order valence-electron chi connectivity index (χ0n) is 23.0. The molecule has 0 aliphatic carbocycles. The summed E-state index contributed by atoms with van der Waals surface area (Å²) in [6.45, 7) is 6.87. The molecule has 3 aromatic carbocycles. The number of piperidine rings is 1. The van der Waals surface area contributed by atoms with Crippen LogP contribution in [0.3, 0.4) is 0 Å². The smallest absolute Gasteiger partial charge is 0.141 e. The number of hydrogen-bond acceptors (Lipinski definition) is 7. The molecule has 0 N–H and O–H groups in total. The Kier molecular flexibility index (Phi) is 10.6. The van der Waals surface area contributed by atoms with Crippen LogP contribution < -0.4 is 9.64 Å². The maximum absolute atomic E-state index is 10.2. The predicted molar refractivity (Wildman–Crippen MR) is 153 cm³/mol. The van der Waals surface area contributed by atoms with Crippen LogP contribution in [0.4, 0.5) is 5.69 Å². The van der Waals surface area contributed by atoms with Gasteiger partial charge in [0, 0.05) is 31.5 Å². The maximum Gasteiger partial charge on any atom is 0.141 e. The van der Waals surface area contributed by atoms with E-state index in [-0.39, 0.29) is 0 Å². The van der Waals surface area contributed by atoms with Gasteiger partial charge in [0.15, 0.2) is 0 Å². The summed E-state index contributed by atoms with van der Waals surface area (Å²) in [5.74, 6) is 0.523. The summed E-state index contributed by atoms with van der Waals surface area (Å²) in [7, 11) is 1.64. The fraction of sp³-hybridized carbons (Fsp3) is 0.438. The van der Waals surface area contributed by atoms with E-state index in [2.05, 4.69) is 47.4 Å². The molecule has 0 amide bonds. The van der Waals surface area contributed by atoms with Crippen LogP contribution in [0.1, 0.15) is 42.9 Å². The Bertz CT molecular complexity index is 1340. The van der Waals surface area contributed by atoms with Crippen LogP contribution in [0.25, 0.3) is 21.9 Å². The van der Waals surface area contributed by atoms with Crippen molar-refractivity contribution in [3.05, 3.63) is 59.2 Å². The van der Waals surface area contributed by atoms with Crippen LogP contribution in [0, 0.1) is 22.7 Å². The van der Waals surface area contributed by atoms with Gasteiger partial charge < -0.3 is 23.8 Å². The third-order valence-electron chi connectivity index (χ3n) is 7.08. The first-order valence-electron chi connectivity index (χ1n) is 13.8. The molecule has 7 heteroatoms. The van der Waals surface area contributed by atoms with E-state index in [4.69, 9.17) is 18.9 Å². The summed E-state index contributed by atoms with van der Waals surface area (Å²) >= 11 is 0. The summed E-state index contributed by atoms with van der Waals surface area (Å²) < 4.78 is 22.1. The molecular formula is C32H37N3O4. The standard InChI is InChI=1S/C32H37N3O4/c1-3-24-19-28(22-33)31(30(23-34)32(24)39-18-17-38-16-15-37-14-13-36-2)27-8-7-26-21-29(10-9-25(26)20-27)35-11-5-4-6-12-35/h7-10,19-21H,3-6,11-18H2,1-2H3. The van der Waals surface area contributed by atoms with Gasteiger partial charge >= 0.3 is 0 Å². The third-order valence-corrected chi connectivity index (χ3v) is 7.08. The molecule has 0 radical (unpaired) electrons. The van der Waals surface area contributed by atoms with E-state index >= 15 is 0 Å². The van der Waals surface area contributed by atoms with Crippen molar-refractivity contribution in [1.82, 2.24) is 0 Å². The van der Waals surface area contributed by atoms with Gasteiger partial charge in [0.25, 0.3) is 0 Å². The Morgan fingerprint density at radius 1 is 0.795 bits per heavy atom. The van der Waals surface area contributed by atoms with E-state index in [0.717, 1.165) is 35.0 Å². The molecule has 0 aromatic heterocycles. The SMILES string of the molecule is CCc1cc(C#N)c(-c2ccc3cc(N4CCCCC4)ccc3c2)c(C#N)c1OCCOCCOCCOC. The minimum absolute atomic E-state index is 0.294. The molecule has 1 heterocycles. The normalized spacial score (nSPS) is 13.3. The lowest BCUT2D eigenvalue weighted by Gasteiger charge is -2.29. The van der Waals surface area contributed by atoms with E-state index in [9.17, 15) is 10.5 Å². The monoisotopic (exact) mass is 527 g/mol. The van der Waals surface area contributed by atoms with Crippen molar-refractivity contribution in [3.63, 3.8) is 0 Å². The van der Waals surface area contributed by atoms with Gasteiger partial charge in [0.05, 0.1) is 44.7 Å². The zero-order chi connectivity index (χ0) is 27.5. The van der Waals surface area contributed by atoms with Gasteiger partial charge in [0.2, 0.25) is 0 Å². The lowest BCUT2D eigenvalue weighted by molar-refractivity contribution is 0.0179. The number of hydrogen-bond donors (Lipinski definition) is 0. The van der Waals surface area contributed by atoms with Crippen LogP contribution in [0.2, 0.25) is 0 Å². The number of nitrogens with zero attached hydrogens (tertiary/aromatic N) is 3. The second-order valence-corrected chi connectivity index (χ2v) is 9.60. The summed E-state index contributed by atoms with van der Waals surface area (Å²) in [4.78, 5) is 2.45. The van der Waals surface area contributed by atoms with Gasteiger partial charge in [0.1, 0.15) is 24.0 Å². The fourth-order valence-electron chi connectivity index (χ4n) is 5.05. The largest absolute Gasteiger partial charge is 0.489 e. The lowest BCUT2D eigenvalue weighted by atomic mass is 9.90. The van der Waals surface area contributed by atoms with Gasteiger partial charge in [-0.1, -0.05) is 25.1 Å². The Labute approximate surface area is 231 Å². The molecule has 1 aliphatic heterocycles. The third kappa shape index (κ3) is 7.07. The van der Waals surface area contributed by atoms with Crippen molar-refractivity contribution < 1.29 is 18.9 Å². The highest BCUT2D eigenvalue weighted by Gasteiger charge is 2.21. The second-order valence-electron chi connectivity index (χ2n) is 9.60. The fourth-order valence-corrected chi connectivity index (χ4v) is 5.05. The molecule has 0 unspecified atom stereocenters. The Morgan fingerprint density at radius 3 is 2.18 bits per heavy atom. The Balaban J connectivity index is 1.56. The molecule has 0 bridgehead atoms. The molecule has 0 spiro atoms. The first-order chi connectivity index (χ1) is 19.2. The second kappa shape index (κ2) is 14.5. The van der Waals surface area contributed by atoms with Gasteiger partial charge in [-0.15, -0.1) is 0 Å². The molecular weight excluding hydrogens is 490 g/mol. The van der Waals surface area contributed by atoms with E-state index in [1.807, 2.05) is 19.1 Å². The molecule has 204 valence electrons. The van der Waals surface area contributed by atoms with Gasteiger partial charge in [-0.25, -0.2) is 0 Å². The number of rotatable bonds is 13. The van der Waals surface area contributed by atoms with Crippen LogP contribution in [0.15, 0.2) is 42.5 Å². The van der Waals surface area contributed by atoms with Crippen LogP contribution in [-0.2, 0) is 20.6 Å².